The van der Waals surface area contributed by atoms with E-state index in [1.165, 1.54) is 0 Å². The number of unbranched alkanes of at least 4 members (excludes halogenated alkanes) is 1. The third-order valence-corrected chi connectivity index (χ3v) is 2.72. The van der Waals surface area contributed by atoms with Gasteiger partial charge in [0.1, 0.15) is 11.6 Å². The van der Waals surface area contributed by atoms with Gasteiger partial charge in [-0.3, -0.25) is 0 Å². The average molecular weight is 265 g/mol. The minimum atomic E-state index is 0.325. The molecule has 0 saturated heterocycles. The molecule has 0 fully saturated rings. The Morgan fingerprint density at radius 2 is 1.89 bits per heavy atom. The molecule has 4 heteroatoms. The molecule has 4 nitrogen and oxygen atoms in total. The largest absolute Gasteiger partial charge is 0.379 e. The van der Waals surface area contributed by atoms with Gasteiger partial charge in [0.2, 0.25) is 0 Å². The summed E-state index contributed by atoms with van der Waals surface area (Å²) < 4.78 is 5.51. The zero-order chi connectivity index (χ0) is 14.3. The third kappa shape index (κ3) is 6.53. The van der Waals surface area contributed by atoms with E-state index in [0.717, 1.165) is 43.3 Å². The van der Waals surface area contributed by atoms with Crippen molar-refractivity contribution in [1.29, 1.82) is 0 Å². The average Bonchev–Trinajstić information content (AvgIpc) is 2.32. The summed E-state index contributed by atoms with van der Waals surface area (Å²) in [5.41, 5.74) is 1.02. The molecule has 1 N–H and O–H groups in total. The Labute approximate surface area is 117 Å². The summed E-state index contributed by atoms with van der Waals surface area (Å²) in [4.78, 5) is 8.96. The van der Waals surface area contributed by atoms with Gasteiger partial charge in [0.15, 0.2) is 0 Å². The second-order valence-corrected chi connectivity index (χ2v) is 5.46. The molecule has 19 heavy (non-hydrogen) atoms. The van der Waals surface area contributed by atoms with E-state index in [1.807, 2.05) is 13.0 Å². The normalized spacial score (nSPS) is 11.3. The molecule has 0 spiro atoms. The molecule has 0 aromatic carbocycles. The molecule has 1 heterocycles. The Hall–Kier alpha value is -1.16. The van der Waals surface area contributed by atoms with Gasteiger partial charge in [-0.15, -0.1) is 0 Å². The van der Waals surface area contributed by atoms with Crippen molar-refractivity contribution in [2.45, 2.75) is 59.5 Å². The van der Waals surface area contributed by atoms with Gasteiger partial charge in [-0.1, -0.05) is 13.8 Å². The second kappa shape index (κ2) is 8.10. The smallest absolute Gasteiger partial charge is 0.133 e. The van der Waals surface area contributed by atoms with E-state index in [9.17, 15) is 0 Å². The molecule has 0 bridgehead atoms. The highest BCUT2D eigenvalue weighted by Crippen LogP contribution is 2.13. The summed E-state index contributed by atoms with van der Waals surface area (Å²) in [7, 11) is 0. The quantitative estimate of drug-likeness (QED) is 0.730. The highest BCUT2D eigenvalue weighted by atomic mass is 16.5. The van der Waals surface area contributed by atoms with E-state index < -0.39 is 0 Å². The lowest BCUT2D eigenvalue weighted by Gasteiger charge is -2.11. The highest BCUT2D eigenvalue weighted by Gasteiger charge is 2.05. The number of aromatic nitrogens is 2. The number of ether oxygens (including phenoxy) is 1. The second-order valence-electron chi connectivity index (χ2n) is 5.46. The Morgan fingerprint density at radius 3 is 2.53 bits per heavy atom. The van der Waals surface area contributed by atoms with Crippen LogP contribution >= 0.6 is 0 Å². The van der Waals surface area contributed by atoms with Gasteiger partial charge in [-0.2, -0.15) is 0 Å². The van der Waals surface area contributed by atoms with Crippen molar-refractivity contribution in [2.75, 3.05) is 18.5 Å². The molecule has 1 aromatic rings. The van der Waals surface area contributed by atoms with E-state index in [-0.39, 0.29) is 0 Å². The number of anilines is 1. The van der Waals surface area contributed by atoms with Gasteiger partial charge in [0.05, 0.1) is 6.10 Å². The molecular formula is C15H27N3O. The summed E-state index contributed by atoms with van der Waals surface area (Å²) in [6, 6.07) is 2.00. The van der Waals surface area contributed by atoms with E-state index >= 15 is 0 Å². The lowest BCUT2D eigenvalue weighted by atomic mass is 10.2. The molecule has 0 aliphatic rings. The number of aryl methyl sites for hydroxylation is 1. The van der Waals surface area contributed by atoms with Crippen LogP contribution in [0.2, 0.25) is 0 Å². The van der Waals surface area contributed by atoms with Crippen LogP contribution in [0.3, 0.4) is 0 Å². The Morgan fingerprint density at radius 1 is 1.16 bits per heavy atom. The predicted octanol–water partition coefficient (Wildman–Crippen LogP) is 3.53. The van der Waals surface area contributed by atoms with Crippen molar-refractivity contribution in [1.82, 2.24) is 9.97 Å². The summed E-state index contributed by atoms with van der Waals surface area (Å²) in [5, 5.41) is 3.36. The van der Waals surface area contributed by atoms with Gasteiger partial charge >= 0.3 is 0 Å². The molecule has 1 rings (SSSR count). The van der Waals surface area contributed by atoms with E-state index in [0.29, 0.717) is 12.0 Å². The fourth-order valence-electron chi connectivity index (χ4n) is 1.70. The number of hydrogen-bond donors (Lipinski definition) is 1. The first kappa shape index (κ1) is 15.9. The standard InChI is InChI=1S/C15H27N3O/c1-11(2)15-17-13(5)10-14(18-15)16-8-6-7-9-19-12(3)4/h10-12H,6-9H2,1-5H3,(H,16,17,18). The lowest BCUT2D eigenvalue weighted by Crippen LogP contribution is -2.09. The highest BCUT2D eigenvalue weighted by molar-refractivity contribution is 5.36. The van der Waals surface area contributed by atoms with E-state index in [4.69, 9.17) is 4.74 Å². The minimum Gasteiger partial charge on any atom is -0.379 e. The summed E-state index contributed by atoms with van der Waals surface area (Å²) in [5.74, 6) is 2.20. The van der Waals surface area contributed by atoms with Crippen LogP contribution in [0, 0.1) is 6.92 Å². The van der Waals surface area contributed by atoms with Gasteiger partial charge in [-0.05, 0) is 33.6 Å². The molecular weight excluding hydrogens is 238 g/mol. The number of nitrogens with zero attached hydrogens (tertiary/aromatic N) is 2. The first-order valence-electron chi connectivity index (χ1n) is 7.20. The summed E-state index contributed by atoms with van der Waals surface area (Å²) >= 11 is 0. The van der Waals surface area contributed by atoms with Crippen LogP contribution in [-0.4, -0.2) is 29.2 Å². The maximum absolute atomic E-state index is 5.51. The first-order valence-corrected chi connectivity index (χ1v) is 7.20. The molecule has 0 radical (unpaired) electrons. The minimum absolute atomic E-state index is 0.325. The Balaban J connectivity index is 2.33. The van der Waals surface area contributed by atoms with Crippen LogP contribution in [-0.2, 0) is 4.74 Å². The van der Waals surface area contributed by atoms with Crippen molar-refractivity contribution < 1.29 is 4.74 Å². The van der Waals surface area contributed by atoms with Crippen molar-refractivity contribution in [2.24, 2.45) is 0 Å². The van der Waals surface area contributed by atoms with Crippen LogP contribution < -0.4 is 5.32 Å². The van der Waals surface area contributed by atoms with Crippen LogP contribution in [0.4, 0.5) is 5.82 Å². The van der Waals surface area contributed by atoms with Crippen molar-refractivity contribution in [3.05, 3.63) is 17.6 Å². The number of nitrogens with one attached hydrogen (secondary N) is 1. The molecule has 108 valence electrons. The third-order valence-electron chi connectivity index (χ3n) is 2.72. The fourth-order valence-corrected chi connectivity index (χ4v) is 1.70. The predicted molar refractivity (Wildman–Crippen MR) is 79.7 cm³/mol. The van der Waals surface area contributed by atoms with Gasteiger partial charge in [-0.25, -0.2) is 9.97 Å². The molecule has 0 amide bonds. The summed E-state index contributed by atoms with van der Waals surface area (Å²) in [6.45, 7) is 12.1. The lowest BCUT2D eigenvalue weighted by molar-refractivity contribution is 0.0765. The fraction of sp³-hybridized carbons (Fsp3) is 0.733. The van der Waals surface area contributed by atoms with E-state index in [2.05, 4.69) is 43.0 Å². The SMILES string of the molecule is Cc1cc(NCCCCOC(C)C)nc(C(C)C)n1. The molecule has 0 unspecified atom stereocenters. The molecule has 0 atom stereocenters. The van der Waals surface area contributed by atoms with Gasteiger partial charge < -0.3 is 10.1 Å². The summed E-state index contributed by atoms with van der Waals surface area (Å²) in [6.07, 6.45) is 2.49. The number of hydrogen-bond acceptors (Lipinski definition) is 4. The van der Waals surface area contributed by atoms with E-state index in [1.54, 1.807) is 0 Å². The van der Waals surface area contributed by atoms with Crippen LogP contribution in [0.5, 0.6) is 0 Å². The Kier molecular flexibility index (Phi) is 6.78. The van der Waals surface area contributed by atoms with Gasteiger partial charge in [0.25, 0.3) is 0 Å². The van der Waals surface area contributed by atoms with Crippen LogP contribution in [0.15, 0.2) is 6.07 Å². The number of rotatable bonds is 8. The van der Waals surface area contributed by atoms with Crippen LogP contribution in [0.1, 0.15) is 58.0 Å². The topological polar surface area (TPSA) is 47.0 Å². The van der Waals surface area contributed by atoms with Gasteiger partial charge in [0, 0.05) is 30.8 Å². The zero-order valence-electron chi connectivity index (χ0n) is 12.9. The van der Waals surface area contributed by atoms with Crippen molar-refractivity contribution in [3.63, 3.8) is 0 Å². The monoisotopic (exact) mass is 265 g/mol. The van der Waals surface area contributed by atoms with Crippen LogP contribution in [0.25, 0.3) is 0 Å². The zero-order valence-corrected chi connectivity index (χ0v) is 12.9. The molecule has 0 aliphatic carbocycles. The Bertz CT molecular complexity index is 378. The molecule has 0 aliphatic heterocycles. The van der Waals surface area contributed by atoms with Crippen molar-refractivity contribution >= 4 is 5.82 Å². The molecule has 0 saturated carbocycles. The maximum Gasteiger partial charge on any atom is 0.133 e. The van der Waals surface area contributed by atoms with Crippen molar-refractivity contribution in [3.8, 4) is 0 Å². The molecule has 1 aromatic heterocycles. The first-order chi connectivity index (χ1) is 8.99. The maximum atomic E-state index is 5.51.